The first-order valence-electron chi connectivity index (χ1n) is 9.09. The molecule has 0 unspecified atom stereocenters. The summed E-state index contributed by atoms with van der Waals surface area (Å²) >= 11 is 0. The molecule has 7 heteroatoms. The van der Waals surface area contributed by atoms with Crippen LogP contribution in [0.15, 0.2) is 29.1 Å². The molecule has 1 N–H and O–H groups in total. The minimum Gasteiger partial charge on any atom is -0.494 e. The highest BCUT2D eigenvalue weighted by atomic mass is 16.5. The minimum absolute atomic E-state index is 0.0684. The number of rotatable bonds is 9. The zero-order chi connectivity index (χ0) is 20.7. The van der Waals surface area contributed by atoms with Crippen LogP contribution in [0, 0.1) is 18.3 Å². The van der Waals surface area contributed by atoms with Gasteiger partial charge < -0.3 is 14.6 Å². The van der Waals surface area contributed by atoms with Crippen LogP contribution in [0.2, 0.25) is 0 Å². The predicted molar refractivity (Wildman–Crippen MR) is 104 cm³/mol. The first-order valence-corrected chi connectivity index (χ1v) is 9.09. The normalized spacial score (nSPS) is 10.5. The number of ether oxygens (including phenoxy) is 2. The summed E-state index contributed by atoms with van der Waals surface area (Å²) in [6, 6.07) is 8.57. The summed E-state index contributed by atoms with van der Waals surface area (Å²) in [6.45, 7) is 4.38. The second-order valence-electron chi connectivity index (χ2n) is 6.29. The summed E-state index contributed by atoms with van der Waals surface area (Å²) in [4.78, 5) is 25.8. The average Bonchev–Trinajstić information content (AvgIpc) is 2.69. The quantitative estimate of drug-likeness (QED) is 0.527. The number of nitrogens with zero attached hydrogens (tertiary/aromatic N) is 2. The lowest BCUT2D eigenvalue weighted by Gasteiger charge is -2.16. The van der Waals surface area contributed by atoms with E-state index in [1.807, 2.05) is 13.0 Å². The number of hydrogen-bond donors (Lipinski definition) is 1. The lowest BCUT2D eigenvalue weighted by molar-refractivity contribution is 0.103. The van der Waals surface area contributed by atoms with Crippen molar-refractivity contribution in [1.82, 2.24) is 4.57 Å². The maximum Gasteiger partial charge on any atom is 0.271 e. The van der Waals surface area contributed by atoms with Gasteiger partial charge in [0.15, 0.2) is 0 Å². The Bertz CT molecular complexity index is 956. The molecule has 0 fully saturated rings. The number of para-hydroxylation sites is 1. The van der Waals surface area contributed by atoms with E-state index in [1.54, 1.807) is 24.3 Å². The van der Waals surface area contributed by atoms with Crippen LogP contribution in [-0.4, -0.2) is 35.8 Å². The van der Waals surface area contributed by atoms with Gasteiger partial charge in [-0.3, -0.25) is 14.2 Å². The highest BCUT2D eigenvalue weighted by Crippen LogP contribution is 2.29. The summed E-state index contributed by atoms with van der Waals surface area (Å²) in [6.07, 6.45) is 1.22. The summed E-state index contributed by atoms with van der Waals surface area (Å²) in [7, 11) is 1.53. The van der Waals surface area contributed by atoms with Crippen molar-refractivity contribution in [2.45, 2.75) is 33.2 Å². The van der Waals surface area contributed by atoms with Crippen molar-refractivity contribution in [2.24, 2.45) is 0 Å². The van der Waals surface area contributed by atoms with Gasteiger partial charge in [0.05, 0.1) is 17.7 Å². The van der Waals surface area contributed by atoms with Gasteiger partial charge in [-0.15, -0.1) is 0 Å². The molecule has 0 spiro atoms. The predicted octanol–water partition coefficient (Wildman–Crippen LogP) is 2.79. The molecule has 0 saturated carbocycles. The van der Waals surface area contributed by atoms with Gasteiger partial charge in [-0.2, -0.15) is 5.26 Å². The lowest BCUT2D eigenvalue weighted by Crippen LogP contribution is -2.27. The van der Waals surface area contributed by atoms with Gasteiger partial charge in [-0.1, -0.05) is 19.1 Å². The first kappa shape index (κ1) is 21.2. The SMILES string of the molecule is CCCOc1ccccc1C(=O)c1c(C)c(C#N)c(=O)n(CCCOC)c1O. The summed E-state index contributed by atoms with van der Waals surface area (Å²) in [5, 5.41) is 20.1. The smallest absolute Gasteiger partial charge is 0.271 e. The highest BCUT2D eigenvalue weighted by Gasteiger charge is 2.26. The van der Waals surface area contributed by atoms with Crippen molar-refractivity contribution in [1.29, 1.82) is 5.26 Å². The van der Waals surface area contributed by atoms with Gasteiger partial charge in [0.25, 0.3) is 5.56 Å². The Balaban J connectivity index is 2.62. The van der Waals surface area contributed by atoms with Gasteiger partial charge >= 0.3 is 0 Å². The second-order valence-corrected chi connectivity index (χ2v) is 6.29. The van der Waals surface area contributed by atoms with Gasteiger partial charge in [-0.25, -0.2) is 0 Å². The Labute approximate surface area is 163 Å². The molecule has 7 nitrogen and oxygen atoms in total. The standard InChI is InChI=1S/C21H24N2O5/c1-4-11-28-17-9-6-5-8-15(17)19(24)18-14(2)16(13-22)20(25)23(21(18)26)10-7-12-27-3/h5-6,8-9,26H,4,7,10-12H2,1-3H3. The van der Waals surface area contributed by atoms with E-state index in [4.69, 9.17) is 9.47 Å². The zero-order valence-electron chi connectivity index (χ0n) is 16.3. The van der Waals surface area contributed by atoms with E-state index >= 15 is 0 Å². The van der Waals surface area contributed by atoms with Crippen LogP contribution in [0.25, 0.3) is 0 Å². The fraction of sp³-hybridized carbons (Fsp3) is 0.381. The maximum atomic E-state index is 13.2. The molecule has 0 aliphatic carbocycles. The van der Waals surface area contributed by atoms with Crippen molar-refractivity contribution < 1.29 is 19.4 Å². The molecule has 0 bridgehead atoms. The molecule has 0 amide bonds. The van der Waals surface area contributed by atoms with Crippen molar-refractivity contribution in [3.8, 4) is 17.7 Å². The van der Waals surface area contributed by atoms with Crippen molar-refractivity contribution >= 4 is 5.78 Å². The molecule has 0 saturated heterocycles. The number of aromatic nitrogens is 1. The van der Waals surface area contributed by atoms with Gasteiger partial charge in [-0.05, 0) is 37.5 Å². The fourth-order valence-electron chi connectivity index (χ4n) is 2.92. The largest absolute Gasteiger partial charge is 0.494 e. The Morgan fingerprint density at radius 3 is 2.64 bits per heavy atom. The summed E-state index contributed by atoms with van der Waals surface area (Å²) in [5.41, 5.74) is -0.434. The third-order valence-electron chi connectivity index (χ3n) is 4.35. The van der Waals surface area contributed by atoms with Crippen LogP contribution < -0.4 is 10.3 Å². The molecule has 2 rings (SSSR count). The van der Waals surface area contributed by atoms with Crippen LogP contribution in [0.4, 0.5) is 0 Å². The molecule has 148 valence electrons. The zero-order valence-corrected chi connectivity index (χ0v) is 16.3. The van der Waals surface area contributed by atoms with E-state index in [9.17, 15) is 20.0 Å². The lowest BCUT2D eigenvalue weighted by atomic mass is 9.96. The number of nitriles is 1. The minimum atomic E-state index is -0.624. The maximum absolute atomic E-state index is 13.2. The molecule has 1 aromatic carbocycles. The molecule has 0 aliphatic rings. The van der Waals surface area contributed by atoms with Crippen LogP contribution >= 0.6 is 0 Å². The number of benzene rings is 1. The molecule has 0 radical (unpaired) electrons. The van der Waals surface area contributed by atoms with E-state index in [1.165, 1.54) is 14.0 Å². The van der Waals surface area contributed by atoms with Gasteiger partial charge in [0, 0.05) is 20.3 Å². The molecule has 1 aromatic heterocycles. The number of carbonyl (C=O) groups is 1. The third kappa shape index (κ3) is 4.24. The van der Waals surface area contributed by atoms with Crippen LogP contribution in [0.5, 0.6) is 11.6 Å². The Kier molecular flexibility index (Phi) is 7.36. The van der Waals surface area contributed by atoms with Gasteiger partial charge in [0.2, 0.25) is 11.7 Å². The fourth-order valence-corrected chi connectivity index (χ4v) is 2.92. The molecule has 0 aliphatic heterocycles. The topological polar surface area (TPSA) is 102 Å². The van der Waals surface area contributed by atoms with Crippen molar-refractivity contribution in [2.75, 3.05) is 20.3 Å². The molecular formula is C21H24N2O5. The number of hydrogen-bond acceptors (Lipinski definition) is 6. The Hall–Kier alpha value is -3.11. The van der Waals surface area contributed by atoms with Crippen LogP contribution in [0.3, 0.4) is 0 Å². The Morgan fingerprint density at radius 2 is 2.00 bits per heavy atom. The molecule has 28 heavy (non-hydrogen) atoms. The van der Waals surface area contributed by atoms with Crippen molar-refractivity contribution in [3.05, 3.63) is 56.9 Å². The molecular weight excluding hydrogens is 360 g/mol. The monoisotopic (exact) mass is 384 g/mol. The van der Waals surface area contributed by atoms with Crippen molar-refractivity contribution in [3.63, 3.8) is 0 Å². The first-order chi connectivity index (χ1) is 13.5. The Morgan fingerprint density at radius 1 is 1.29 bits per heavy atom. The van der Waals surface area contributed by atoms with E-state index in [0.29, 0.717) is 25.4 Å². The number of carbonyl (C=O) groups excluding carboxylic acids is 1. The second kappa shape index (κ2) is 9.72. The average molecular weight is 384 g/mol. The van der Waals surface area contributed by atoms with E-state index in [0.717, 1.165) is 11.0 Å². The summed E-state index contributed by atoms with van der Waals surface area (Å²) in [5.74, 6) is -0.560. The van der Waals surface area contributed by atoms with Gasteiger partial charge in [0.1, 0.15) is 17.4 Å². The van der Waals surface area contributed by atoms with Crippen LogP contribution in [-0.2, 0) is 11.3 Å². The number of pyridine rings is 1. The van der Waals surface area contributed by atoms with E-state index < -0.39 is 17.2 Å². The van der Waals surface area contributed by atoms with Crippen LogP contribution in [0.1, 0.15) is 46.8 Å². The number of aromatic hydroxyl groups is 1. The molecule has 1 heterocycles. The number of ketones is 1. The summed E-state index contributed by atoms with van der Waals surface area (Å²) < 4.78 is 11.7. The van der Waals surface area contributed by atoms with E-state index in [-0.39, 0.29) is 28.8 Å². The molecule has 2 aromatic rings. The third-order valence-corrected chi connectivity index (χ3v) is 4.35. The highest BCUT2D eigenvalue weighted by molar-refractivity contribution is 6.13. The molecule has 0 atom stereocenters. The number of methoxy groups -OCH3 is 1. The van der Waals surface area contributed by atoms with E-state index in [2.05, 4.69) is 0 Å².